The molecule has 1 heterocycles. The largest absolute Gasteiger partial charge is 0.277 e. The van der Waals surface area contributed by atoms with Gasteiger partial charge in [0.25, 0.3) is 0 Å². The molecule has 1 atom stereocenters. The average molecular weight is 326 g/mol. The summed E-state index contributed by atoms with van der Waals surface area (Å²) in [5, 5.41) is 0. The molecule has 0 amide bonds. The van der Waals surface area contributed by atoms with Crippen molar-refractivity contribution in [1.82, 2.24) is 0 Å². The van der Waals surface area contributed by atoms with Crippen LogP contribution in [0.2, 0.25) is 0 Å². The van der Waals surface area contributed by atoms with Crippen molar-refractivity contribution in [2.24, 2.45) is 4.99 Å². The summed E-state index contributed by atoms with van der Waals surface area (Å²) in [5.41, 5.74) is 4.13. The summed E-state index contributed by atoms with van der Waals surface area (Å²) >= 11 is 1.98. The summed E-state index contributed by atoms with van der Waals surface area (Å²) in [6, 6.07) is 8.84. The summed E-state index contributed by atoms with van der Waals surface area (Å²) in [4.78, 5) is 6.80. The fraction of sp³-hybridized carbons (Fsp3) is 0.476. The second-order valence-electron chi connectivity index (χ2n) is 6.57. The van der Waals surface area contributed by atoms with Gasteiger partial charge < -0.3 is 0 Å². The van der Waals surface area contributed by atoms with Gasteiger partial charge in [-0.25, -0.2) is 0 Å². The van der Waals surface area contributed by atoms with Crippen LogP contribution in [0.3, 0.4) is 0 Å². The van der Waals surface area contributed by atoms with Crippen molar-refractivity contribution in [3.05, 3.63) is 53.6 Å². The molecule has 1 unspecified atom stereocenters. The predicted molar refractivity (Wildman–Crippen MR) is 103 cm³/mol. The van der Waals surface area contributed by atoms with E-state index in [-0.39, 0.29) is 5.54 Å². The molecule has 1 aliphatic heterocycles. The van der Waals surface area contributed by atoms with Crippen molar-refractivity contribution in [3.8, 4) is 0 Å². The van der Waals surface area contributed by atoms with Gasteiger partial charge in [-0.15, -0.1) is 11.8 Å². The van der Waals surface area contributed by atoms with Gasteiger partial charge in [-0.3, -0.25) is 4.99 Å². The minimum absolute atomic E-state index is 0.0316. The zero-order chi connectivity index (χ0) is 16.1. The van der Waals surface area contributed by atoms with Crippen molar-refractivity contribution >= 4 is 17.5 Å². The van der Waals surface area contributed by atoms with Gasteiger partial charge in [-0.2, -0.15) is 0 Å². The second-order valence-corrected chi connectivity index (χ2v) is 7.59. The Morgan fingerprint density at radius 3 is 2.87 bits per heavy atom. The highest BCUT2D eigenvalue weighted by atomic mass is 32.2. The smallest absolute Gasteiger partial charge is 0.0740 e. The molecule has 0 aromatic heterocycles. The highest BCUT2D eigenvalue weighted by molar-refractivity contribution is 7.99. The first-order chi connectivity index (χ1) is 11.3. The van der Waals surface area contributed by atoms with Crippen molar-refractivity contribution in [2.45, 2.75) is 62.8 Å². The highest BCUT2D eigenvalue weighted by Crippen LogP contribution is 2.38. The standard InChI is InChI=1S/C21H27NS/c1-3-5-15-21(4-2)16-23-19-14-10-9-13-18(19)20(22-21)17-11-7-6-8-12-17/h3,5,9-11,13-14H,4,6-8,12,15-16H2,1-2H3. The number of allylic oxidation sites excluding steroid dienone is 3. The van der Waals surface area contributed by atoms with E-state index in [1.807, 2.05) is 11.8 Å². The molecule has 0 bridgehead atoms. The molecule has 1 aromatic rings. The van der Waals surface area contributed by atoms with E-state index in [2.05, 4.69) is 56.3 Å². The van der Waals surface area contributed by atoms with Gasteiger partial charge in [0.1, 0.15) is 0 Å². The maximum atomic E-state index is 5.40. The van der Waals surface area contributed by atoms with Crippen molar-refractivity contribution in [3.63, 3.8) is 0 Å². The zero-order valence-corrected chi connectivity index (χ0v) is 15.2. The molecule has 1 aliphatic carbocycles. The van der Waals surface area contributed by atoms with E-state index in [0.29, 0.717) is 0 Å². The number of nitrogens with zero attached hydrogens (tertiary/aromatic N) is 1. The molecular formula is C21H27NS. The highest BCUT2D eigenvalue weighted by Gasteiger charge is 2.31. The van der Waals surface area contributed by atoms with Crippen LogP contribution in [0.25, 0.3) is 0 Å². The number of hydrogen-bond donors (Lipinski definition) is 0. The molecule has 1 nitrogen and oxygen atoms in total. The summed E-state index contributed by atoms with van der Waals surface area (Å²) in [5.74, 6) is 1.07. The first kappa shape index (κ1) is 16.6. The van der Waals surface area contributed by atoms with Gasteiger partial charge in [0.2, 0.25) is 0 Å². The van der Waals surface area contributed by atoms with Crippen LogP contribution >= 0.6 is 11.8 Å². The summed E-state index contributed by atoms with van der Waals surface area (Å²) < 4.78 is 0. The Balaban J connectivity index is 2.09. The topological polar surface area (TPSA) is 12.4 Å². The number of rotatable bonds is 4. The zero-order valence-electron chi connectivity index (χ0n) is 14.3. The monoisotopic (exact) mass is 325 g/mol. The molecule has 0 fully saturated rings. The van der Waals surface area contributed by atoms with Crippen LogP contribution in [-0.4, -0.2) is 17.0 Å². The first-order valence-corrected chi connectivity index (χ1v) is 9.89. The van der Waals surface area contributed by atoms with Crippen LogP contribution in [0, 0.1) is 0 Å². The van der Waals surface area contributed by atoms with E-state index in [1.54, 1.807) is 0 Å². The van der Waals surface area contributed by atoms with E-state index in [1.165, 1.54) is 47.4 Å². The van der Waals surface area contributed by atoms with Crippen LogP contribution < -0.4 is 0 Å². The third kappa shape index (κ3) is 3.63. The lowest BCUT2D eigenvalue weighted by atomic mass is 9.89. The number of aliphatic imine (C=N–C) groups is 1. The van der Waals surface area contributed by atoms with E-state index >= 15 is 0 Å². The molecule has 1 aromatic carbocycles. The predicted octanol–water partition coefficient (Wildman–Crippen LogP) is 6.20. The number of fused-ring (bicyclic) bond motifs is 1. The fourth-order valence-corrected chi connectivity index (χ4v) is 4.70. The Kier molecular flexibility index (Phi) is 5.42. The Bertz CT molecular complexity index is 641. The van der Waals surface area contributed by atoms with Crippen molar-refractivity contribution < 1.29 is 0 Å². The lowest BCUT2D eigenvalue weighted by molar-refractivity contribution is 0.472. The maximum Gasteiger partial charge on any atom is 0.0740 e. The van der Waals surface area contributed by atoms with Gasteiger partial charge in [0.05, 0.1) is 11.3 Å². The Morgan fingerprint density at radius 2 is 2.13 bits per heavy atom. The fourth-order valence-electron chi connectivity index (χ4n) is 3.40. The van der Waals surface area contributed by atoms with Crippen LogP contribution in [0.15, 0.2) is 58.0 Å². The molecule has 2 aliphatic rings. The van der Waals surface area contributed by atoms with Gasteiger partial charge >= 0.3 is 0 Å². The summed E-state index contributed by atoms with van der Waals surface area (Å²) in [6.07, 6.45) is 14.0. The number of thioether (sulfide) groups is 1. The third-order valence-corrected chi connectivity index (χ3v) is 6.32. The molecule has 0 radical (unpaired) electrons. The minimum atomic E-state index is 0.0316. The maximum absolute atomic E-state index is 5.40. The van der Waals surface area contributed by atoms with Gasteiger partial charge in [-0.05, 0) is 57.1 Å². The summed E-state index contributed by atoms with van der Waals surface area (Å²) in [6.45, 7) is 4.40. The Hall–Kier alpha value is -1.28. The van der Waals surface area contributed by atoms with E-state index < -0.39 is 0 Å². The minimum Gasteiger partial charge on any atom is -0.277 e. The Labute approximate surface area is 145 Å². The van der Waals surface area contributed by atoms with Crippen molar-refractivity contribution in [2.75, 3.05) is 5.75 Å². The molecule has 0 N–H and O–H groups in total. The van der Waals surface area contributed by atoms with Gasteiger partial charge in [0, 0.05) is 16.2 Å². The number of benzene rings is 1. The van der Waals surface area contributed by atoms with E-state index in [9.17, 15) is 0 Å². The first-order valence-electron chi connectivity index (χ1n) is 8.90. The van der Waals surface area contributed by atoms with Gasteiger partial charge in [-0.1, -0.05) is 43.4 Å². The molecule has 122 valence electrons. The molecule has 3 rings (SSSR count). The Morgan fingerprint density at radius 1 is 1.26 bits per heavy atom. The van der Waals surface area contributed by atoms with Crippen molar-refractivity contribution in [1.29, 1.82) is 0 Å². The molecule has 0 saturated carbocycles. The molecule has 2 heteroatoms. The van der Waals surface area contributed by atoms with Crippen LogP contribution in [0.1, 0.15) is 57.9 Å². The SMILES string of the molecule is CC=CCC1(CC)CSc2ccccc2C(C2=CCCCC2)=N1. The lowest BCUT2D eigenvalue weighted by Gasteiger charge is -2.27. The van der Waals surface area contributed by atoms with Crippen LogP contribution in [-0.2, 0) is 0 Å². The molecular weight excluding hydrogens is 298 g/mol. The van der Waals surface area contributed by atoms with Gasteiger partial charge in [0.15, 0.2) is 0 Å². The van der Waals surface area contributed by atoms with Crippen LogP contribution in [0.4, 0.5) is 0 Å². The quantitative estimate of drug-likeness (QED) is 0.601. The summed E-state index contributed by atoms with van der Waals surface area (Å²) in [7, 11) is 0. The second kappa shape index (κ2) is 7.53. The normalized spacial score (nSPS) is 24.8. The van der Waals surface area contributed by atoms with Crippen LogP contribution in [0.5, 0.6) is 0 Å². The molecule has 0 saturated heterocycles. The third-order valence-electron chi connectivity index (χ3n) is 4.97. The van der Waals surface area contributed by atoms with E-state index in [0.717, 1.165) is 18.6 Å². The molecule has 23 heavy (non-hydrogen) atoms. The lowest BCUT2D eigenvalue weighted by Crippen LogP contribution is -2.29. The average Bonchev–Trinajstić information content (AvgIpc) is 2.79. The van der Waals surface area contributed by atoms with E-state index in [4.69, 9.17) is 4.99 Å². The number of hydrogen-bond acceptors (Lipinski definition) is 2. The molecule has 0 spiro atoms.